The van der Waals surface area contributed by atoms with Crippen LogP contribution in [0.3, 0.4) is 0 Å². The predicted octanol–water partition coefficient (Wildman–Crippen LogP) is 2.97. The number of aryl methyl sites for hydroxylation is 1. The summed E-state index contributed by atoms with van der Waals surface area (Å²) >= 11 is 1.48. The molecule has 0 N–H and O–H groups in total. The highest BCUT2D eigenvalue weighted by atomic mass is 32.1. The smallest absolute Gasteiger partial charge is 0.250 e. The van der Waals surface area contributed by atoms with Gasteiger partial charge in [0.05, 0.1) is 17.8 Å². The molecule has 4 rings (SSSR count). The number of furan rings is 1. The maximum absolute atomic E-state index is 12.1. The highest BCUT2D eigenvalue weighted by molar-refractivity contribution is 7.13. The van der Waals surface area contributed by atoms with E-state index in [-0.39, 0.29) is 5.56 Å². The van der Waals surface area contributed by atoms with Crippen molar-refractivity contribution < 1.29 is 8.83 Å². The molecule has 0 saturated heterocycles. The fourth-order valence-electron chi connectivity index (χ4n) is 2.30. The standard InChI is InChI=1S/C16H12N4O3S/c1-10-2-4-13(23-10)16-18-12(8-24-16)7-20-6-11(3-5-14(20)21)15-19-17-9-22-15/h2-6,8-9H,7H2,1H3. The van der Waals surface area contributed by atoms with Crippen LogP contribution in [-0.2, 0) is 6.54 Å². The molecule has 4 heterocycles. The molecule has 0 atom stereocenters. The molecule has 24 heavy (non-hydrogen) atoms. The Morgan fingerprint density at radius 2 is 2.17 bits per heavy atom. The zero-order chi connectivity index (χ0) is 16.5. The summed E-state index contributed by atoms with van der Waals surface area (Å²) in [6.45, 7) is 2.25. The molecule has 0 bridgehead atoms. The van der Waals surface area contributed by atoms with Gasteiger partial charge in [-0.3, -0.25) is 4.79 Å². The predicted molar refractivity (Wildman–Crippen MR) is 87.6 cm³/mol. The number of rotatable bonds is 4. The number of hydrogen-bond donors (Lipinski definition) is 0. The van der Waals surface area contributed by atoms with Crippen LogP contribution in [0, 0.1) is 6.92 Å². The second-order valence-corrected chi connectivity index (χ2v) is 6.04. The number of pyridine rings is 1. The summed E-state index contributed by atoms with van der Waals surface area (Å²) in [6.07, 6.45) is 2.94. The molecular weight excluding hydrogens is 328 g/mol. The van der Waals surface area contributed by atoms with Crippen molar-refractivity contribution in [3.05, 3.63) is 64.0 Å². The first-order chi connectivity index (χ1) is 11.7. The van der Waals surface area contributed by atoms with E-state index in [0.29, 0.717) is 18.0 Å². The van der Waals surface area contributed by atoms with E-state index >= 15 is 0 Å². The Kier molecular flexibility index (Phi) is 3.58. The normalized spacial score (nSPS) is 11.0. The van der Waals surface area contributed by atoms with Crippen LogP contribution in [0.4, 0.5) is 0 Å². The summed E-state index contributed by atoms with van der Waals surface area (Å²) < 4.78 is 12.3. The van der Waals surface area contributed by atoms with Gasteiger partial charge in [-0.15, -0.1) is 21.5 Å². The van der Waals surface area contributed by atoms with Crippen molar-refractivity contribution in [2.75, 3.05) is 0 Å². The lowest BCUT2D eigenvalue weighted by Crippen LogP contribution is -2.19. The molecule has 120 valence electrons. The molecule has 0 spiro atoms. The first-order valence-corrected chi connectivity index (χ1v) is 8.05. The Balaban J connectivity index is 1.63. The Bertz CT molecular complexity index is 1030. The highest BCUT2D eigenvalue weighted by Crippen LogP contribution is 2.25. The highest BCUT2D eigenvalue weighted by Gasteiger charge is 2.11. The van der Waals surface area contributed by atoms with E-state index in [2.05, 4.69) is 15.2 Å². The molecule has 0 fully saturated rings. The monoisotopic (exact) mass is 340 g/mol. The molecule has 4 aromatic heterocycles. The molecule has 0 amide bonds. The van der Waals surface area contributed by atoms with Gasteiger partial charge in [-0.1, -0.05) is 0 Å². The van der Waals surface area contributed by atoms with Crippen molar-refractivity contribution in [1.29, 1.82) is 0 Å². The Morgan fingerprint density at radius 3 is 2.92 bits per heavy atom. The van der Waals surface area contributed by atoms with Crippen LogP contribution in [0.5, 0.6) is 0 Å². The summed E-state index contributed by atoms with van der Waals surface area (Å²) in [7, 11) is 0. The summed E-state index contributed by atoms with van der Waals surface area (Å²) in [5.74, 6) is 1.94. The average molecular weight is 340 g/mol. The van der Waals surface area contributed by atoms with Crippen molar-refractivity contribution >= 4 is 11.3 Å². The third-order valence-corrected chi connectivity index (χ3v) is 4.33. The van der Waals surface area contributed by atoms with Gasteiger partial charge in [0.1, 0.15) is 5.76 Å². The number of thiazole rings is 1. The molecule has 0 unspecified atom stereocenters. The Hall–Kier alpha value is -3.00. The van der Waals surface area contributed by atoms with Crippen LogP contribution >= 0.6 is 11.3 Å². The van der Waals surface area contributed by atoms with E-state index in [9.17, 15) is 4.79 Å². The molecule has 0 aliphatic heterocycles. The molecule has 7 nitrogen and oxygen atoms in total. The maximum Gasteiger partial charge on any atom is 0.250 e. The molecule has 4 aromatic rings. The van der Waals surface area contributed by atoms with Gasteiger partial charge in [0.2, 0.25) is 12.3 Å². The summed E-state index contributed by atoms with van der Waals surface area (Å²) in [5.41, 5.74) is 1.35. The number of aromatic nitrogens is 4. The molecule has 8 heteroatoms. The SMILES string of the molecule is Cc1ccc(-c2nc(Cn3cc(-c4nnco4)ccc3=O)cs2)o1. The largest absolute Gasteiger partial charge is 0.459 e. The van der Waals surface area contributed by atoms with Gasteiger partial charge in [0.15, 0.2) is 10.8 Å². The van der Waals surface area contributed by atoms with Crippen molar-refractivity contribution in [2.24, 2.45) is 0 Å². The minimum Gasteiger partial charge on any atom is -0.459 e. The van der Waals surface area contributed by atoms with Gasteiger partial charge in [-0.2, -0.15) is 0 Å². The van der Waals surface area contributed by atoms with Gasteiger partial charge in [-0.05, 0) is 25.1 Å². The van der Waals surface area contributed by atoms with Crippen LogP contribution in [0.15, 0.2) is 55.9 Å². The minimum absolute atomic E-state index is 0.123. The second kappa shape index (κ2) is 5.89. The van der Waals surface area contributed by atoms with Crippen molar-refractivity contribution in [3.63, 3.8) is 0 Å². The third kappa shape index (κ3) is 2.79. The minimum atomic E-state index is -0.123. The summed E-state index contributed by atoms with van der Waals surface area (Å²) in [5, 5.41) is 10.2. The number of nitrogens with zero attached hydrogens (tertiary/aromatic N) is 4. The van der Waals surface area contributed by atoms with Gasteiger partial charge >= 0.3 is 0 Å². The van der Waals surface area contributed by atoms with Crippen LogP contribution in [-0.4, -0.2) is 19.7 Å². The van der Waals surface area contributed by atoms with Gasteiger partial charge in [0.25, 0.3) is 5.56 Å². The Labute approximate surface area is 140 Å². The molecular formula is C16H12N4O3S. The van der Waals surface area contributed by atoms with Crippen LogP contribution in [0.2, 0.25) is 0 Å². The lowest BCUT2D eigenvalue weighted by Gasteiger charge is -2.04. The zero-order valence-corrected chi connectivity index (χ0v) is 13.5. The van der Waals surface area contributed by atoms with E-state index in [4.69, 9.17) is 8.83 Å². The third-order valence-electron chi connectivity index (χ3n) is 3.43. The first kappa shape index (κ1) is 14.6. The average Bonchev–Trinajstić information content (AvgIpc) is 3.30. The van der Waals surface area contributed by atoms with Crippen LogP contribution < -0.4 is 5.56 Å². The van der Waals surface area contributed by atoms with E-state index in [0.717, 1.165) is 22.2 Å². The van der Waals surface area contributed by atoms with Crippen LogP contribution in [0.1, 0.15) is 11.5 Å². The zero-order valence-electron chi connectivity index (χ0n) is 12.7. The second-order valence-electron chi connectivity index (χ2n) is 5.18. The van der Waals surface area contributed by atoms with E-state index in [1.54, 1.807) is 16.8 Å². The van der Waals surface area contributed by atoms with Gasteiger partial charge < -0.3 is 13.4 Å². The van der Waals surface area contributed by atoms with Gasteiger partial charge in [-0.25, -0.2) is 4.98 Å². The van der Waals surface area contributed by atoms with E-state index < -0.39 is 0 Å². The molecule has 0 aliphatic rings. The summed E-state index contributed by atoms with van der Waals surface area (Å²) in [4.78, 5) is 16.6. The lowest BCUT2D eigenvalue weighted by molar-refractivity contribution is 0.547. The maximum atomic E-state index is 12.1. The lowest BCUT2D eigenvalue weighted by atomic mass is 10.3. The van der Waals surface area contributed by atoms with Crippen molar-refractivity contribution in [3.8, 4) is 22.2 Å². The molecule has 0 aromatic carbocycles. The topological polar surface area (TPSA) is 87.0 Å². The van der Waals surface area contributed by atoms with Gasteiger partial charge in [0, 0.05) is 17.6 Å². The fraction of sp³-hybridized carbons (Fsp3) is 0.125. The van der Waals surface area contributed by atoms with E-state index in [1.165, 1.54) is 23.8 Å². The quantitative estimate of drug-likeness (QED) is 0.567. The fourth-order valence-corrected chi connectivity index (χ4v) is 3.07. The first-order valence-electron chi connectivity index (χ1n) is 7.17. The van der Waals surface area contributed by atoms with Crippen LogP contribution in [0.25, 0.3) is 22.2 Å². The van der Waals surface area contributed by atoms with Crippen molar-refractivity contribution in [2.45, 2.75) is 13.5 Å². The van der Waals surface area contributed by atoms with Crippen molar-refractivity contribution in [1.82, 2.24) is 19.7 Å². The molecule has 0 saturated carbocycles. The molecule has 0 aliphatic carbocycles. The Morgan fingerprint density at radius 1 is 1.25 bits per heavy atom. The summed E-state index contributed by atoms with van der Waals surface area (Å²) in [6, 6.07) is 6.92. The van der Waals surface area contributed by atoms with E-state index in [1.807, 2.05) is 24.4 Å². The number of hydrogen-bond acceptors (Lipinski definition) is 7. The molecule has 0 radical (unpaired) electrons.